The monoisotopic (exact) mass is 203 g/mol. The van der Waals surface area contributed by atoms with Gasteiger partial charge < -0.3 is 14.8 Å². The SMILES string of the molecule is CCOCCNCCCOCC(C)C. The molecule has 0 aliphatic rings. The molecule has 0 saturated heterocycles. The first-order valence-electron chi connectivity index (χ1n) is 5.63. The third-order valence-corrected chi connectivity index (χ3v) is 1.72. The maximum atomic E-state index is 5.45. The van der Waals surface area contributed by atoms with Gasteiger partial charge in [0.25, 0.3) is 0 Å². The van der Waals surface area contributed by atoms with Gasteiger partial charge in [0.05, 0.1) is 6.61 Å². The minimum absolute atomic E-state index is 0.640. The van der Waals surface area contributed by atoms with Gasteiger partial charge in [0, 0.05) is 26.4 Å². The molecule has 0 bridgehead atoms. The molecule has 0 spiro atoms. The molecule has 0 aromatic heterocycles. The molecule has 0 fully saturated rings. The minimum Gasteiger partial charge on any atom is -0.381 e. The van der Waals surface area contributed by atoms with E-state index >= 15 is 0 Å². The summed E-state index contributed by atoms with van der Waals surface area (Å²) >= 11 is 0. The fourth-order valence-electron chi connectivity index (χ4n) is 1.03. The van der Waals surface area contributed by atoms with Gasteiger partial charge in [-0.25, -0.2) is 0 Å². The second-order valence-electron chi connectivity index (χ2n) is 3.77. The van der Waals surface area contributed by atoms with Gasteiger partial charge in [-0.15, -0.1) is 0 Å². The fraction of sp³-hybridized carbons (Fsp3) is 1.00. The number of nitrogens with one attached hydrogen (secondary N) is 1. The summed E-state index contributed by atoms with van der Waals surface area (Å²) in [6.45, 7) is 11.7. The van der Waals surface area contributed by atoms with Crippen molar-refractivity contribution >= 4 is 0 Å². The van der Waals surface area contributed by atoms with Crippen molar-refractivity contribution in [3.05, 3.63) is 0 Å². The Morgan fingerprint density at radius 1 is 1.07 bits per heavy atom. The topological polar surface area (TPSA) is 30.5 Å². The van der Waals surface area contributed by atoms with E-state index in [9.17, 15) is 0 Å². The van der Waals surface area contributed by atoms with E-state index in [1.165, 1.54) is 0 Å². The highest BCUT2D eigenvalue weighted by molar-refractivity contribution is 4.47. The Labute approximate surface area is 88.2 Å². The van der Waals surface area contributed by atoms with E-state index in [1.54, 1.807) is 0 Å². The second-order valence-corrected chi connectivity index (χ2v) is 3.77. The molecular weight excluding hydrogens is 178 g/mol. The third-order valence-electron chi connectivity index (χ3n) is 1.72. The molecule has 0 unspecified atom stereocenters. The fourth-order valence-corrected chi connectivity index (χ4v) is 1.03. The first-order valence-corrected chi connectivity index (χ1v) is 5.63. The lowest BCUT2D eigenvalue weighted by molar-refractivity contribution is 0.106. The minimum atomic E-state index is 0.640. The van der Waals surface area contributed by atoms with Gasteiger partial charge in [-0.2, -0.15) is 0 Å². The molecule has 0 saturated carbocycles. The van der Waals surface area contributed by atoms with Gasteiger partial charge in [0.15, 0.2) is 0 Å². The first-order chi connectivity index (χ1) is 6.77. The van der Waals surface area contributed by atoms with Crippen LogP contribution in [0.1, 0.15) is 27.2 Å². The summed E-state index contributed by atoms with van der Waals surface area (Å²) in [6, 6.07) is 0. The second kappa shape index (κ2) is 11.0. The van der Waals surface area contributed by atoms with Crippen molar-refractivity contribution < 1.29 is 9.47 Å². The third kappa shape index (κ3) is 11.9. The normalized spacial score (nSPS) is 11.1. The van der Waals surface area contributed by atoms with Crippen molar-refractivity contribution in [1.82, 2.24) is 5.32 Å². The van der Waals surface area contributed by atoms with Crippen LogP contribution >= 0.6 is 0 Å². The van der Waals surface area contributed by atoms with Crippen LogP contribution in [-0.4, -0.2) is 39.5 Å². The van der Waals surface area contributed by atoms with Crippen LogP contribution < -0.4 is 5.32 Å². The van der Waals surface area contributed by atoms with Gasteiger partial charge in [0.2, 0.25) is 0 Å². The Bertz CT molecular complexity index is 107. The van der Waals surface area contributed by atoms with E-state index in [-0.39, 0.29) is 0 Å². The molecule has 3 heteroatoms. The zero-order valence-electron chi connectivity index (χ0n) is 9.84. The molecule has 0 aromatic carbocycles. The predicted molar refractivity (Wildman–Crippen MR) is 59.6 cm³/mol. The molecule has 14 heavy (non-hydrogen) atoms. The molecular formula is C11H25NO2. The first kappa shape index (κ1) is 13.9. The molecule has 0 heterocycles. The standard InChI is InChI=1S/C11H25NO2/c1-4-13-9-7-12-6-5-8-14-10-11(2)3/h11-12H,4-10H2,1-3H3. The molecule has 0 amide bonds. The molecule has 0 radical (unpaired) electrons. The van der Waals surface area contributed by atoms with Crippen LogP contribution in [0.4, 0.5) is 0 Å². The molecule has 3 nitrogen and oxygen atoms in total. The van der Waals surface area contributed by atoms with Crippen LogP contribution in [0.2, 0.25) is 0 Å². The van der Waals surface area contributed by atoms with Crippen LogP contribution in [0, 0.1) is 5.92 Å². The molecule has 0 aliphatic heterocycles. The van der Waals surface area contributed by atoms with E-state index in [1.807, 2.05) is 6.92 Å². The maximum absolute atomic E-state index is 5.45. The van der Waals surface area contributed by atoms with Gasteiger partial charge in [-0.05, 0) is 25.8 Å². The number of ether oxygens (including phenoxy) is 2. The van der Waals surface area contributed by atoms with Gasteiger partial charge >= 0.3 is 0 Å². The van der Waals surface area contributed by atoms with Crippen molar-refractivity contribution in [2.75, 3.05) is 39.5 Å². The summed E-state index contributed by atoms with van der Waals surface area (Å²) in [5, 5.41) is 3.30. The lowest BCUT2D eigenvalue weighted by Crippen LogP contribution is -2.22. The highest BCUT2D eigenvalue weighted by Gasteiger charge is 1.93. The highest BCUT2D eigenvalue weighted by Crippen LogP contribution is 1.92. The Hall–Kier alpha value is -0.120. The summed E-state index contributed by atoms with van der Waals surface area (Å²) in [5.74, 6) is 0.640. The van der Waals surface area contributed by atoms with Crippen molar-refractivity contribution in [3.63, 3.8) is 0 Å². The van der Waals surface area contributed by atoms with Crippen LogP contribution in [0.3, 0.4) is 0 Å². The van der Waals surface area contributed by atoms with E-state index in [0.29, 0.717) is 5.92 Å². The Kier molecular flexibility index (Phi) is 10.9. The summed E-state index contributed by atoms with van der Waals surface area (Å²) in [4.78, 5) is 0. The number of hydrogen-bond donors (Lipinski definition) is 1. The molecule has 1 N–H and O–H groups in total. The summed E-state index contributed by atoms with van der Waals surface area (Å²) in [6.07, 6.45) is 1.08. The average Bonchev–Trinajstić information content (AvgIpc) is 2.15. The molecule has 0 aromatic rings. The highest BCUT2D eigenvalue weighted by atomic mass is 16.5. The van der Waals surface area contributed by atoms with Crippen molar-refractivity contribution in [2.24, 2.45) is 5.92 Å². The summed E-state index contributed by atoms with van der Waals surface area (Å²) < 4.78 is 10.7. The van der Waals surface area contributed by atoms with Crippen LogP contribution in [0.5, 0.6) is 0 Å². The van der Waals surface area contributed by atoms with Gasteiger partial charge in [0.1, 0.15) is 0 Å². The summed E-state index contributed by atoms with van der Waals surface area (Å²) in [5.41, 5.74) is 0. The predicted octanol–water partition coefficient (Wildman–Crippen LogP) is 1.68. The van der Waals surface area contributed by atoms with Gasteiger partial charge in [-0.3, -0.25) is 0 Å². The molecule has 86 valence electrons. The number of hydrogen-bond acceptors (Lipinski definition) is 3. The smallest absolute Gasteiger partial charge is 0.0590 e. The Morgan fingerprint density at radius 2 is 1.86 bits per heavy atom. The molecule has 0 aliphatic carbocycles. The zero-order chi connectivity index (χ0) is 10.6. The lowest BCUT2D eigenvalue weighted by Gasteiger charge is -2.07. The summed E-state index contributed by atoms with van der Waals surface area (Å²) in [7, 11) is 0. The van der Waals surface area contributed by atoms with Crippen LogP contribution in [-0.2, 0) is 9.47 Å². The largest absolute Gasteiger partial charge is 0.381 e. The van der Waals surface area contributed by atoms with Crippen LogP contribution in [0.25, 0.3) is 0 Å². The average molecular weight is 203 g/mol. The Morgan fingerprint density at radius 3 is 2.50 bits per heavy atom. The van der Waals surface area contributed by atoms with E-state index in [2.05, 4.69) is 19.2 Å². The van der Waals surface area contributed by atoms with Crippen molar-refractivity contribution in [1.29, 1.82) is 0 Å². The van der Waals surface area contributed by atoms with Crippen LogP contribution in [0.15, 0.2) is 0 Å². The zero-order valence-corrected chi connectivity index (χ0v) is 9.84. The maximum Gasteiger partial charge on any atom is 0.0590 e. The van der Waals surface area contributed by atoms with E-state index in [0.717, 1.165) is 45.9 Å². The lowest BCUT2D eigenvalue weighted by atomic mass is 10.2. The Balaban J connectivity index is 2.85. The van der Waals surface area contributed by atoms with E-state index < -0.39 is 0 Å². The van der Waals surface area contributed by atoms with Crippen molar-refractivity contribution in [2.45, 2.75) is 27.2 Å². The number of rotatable bonds is 10. The molecule has 0 atom stereocenters. The molecule has 0 rings (SSSR count). The quantitative estimate of drug-likeness (QED) is 0.548. The van der Waals surface area contributed by atoms with Gasteiger partial charge in [-0.1, -0.05) is 13.8 Å². The van der Waals surface area contributed by atoms with Crippen molar-refractivity contribution in [3.8, 4) is 0 Å². The van der Waals surface area contributed by atoms with E-state index in [4.69, 9.17) is 9.47 Å².